The van der Waals surface area contributed by atoms with Crippen LogP contribution in [0.5, 0.6) is 0 Å². The van der Waals surface area contributed by atoms with Gasteiger partial charge < -0.3 is 0 Å². The first-order valence-electron chi connectivity index (χ1n) is 3.27. The van der Waals surface area contributed by atoms with Crippen LogP contribution in [0.25, 0.3) is 6.08 Å². The molecule has 0 aliphatic rings. The lowest BCUT2D eigenvalue weighted by Crippen LogP contribution is -1.84. The van der Waals surface area contributed by atoms with E-state index in [1.807, 2.05) is 6.08 Å². The first-order chi connectivity index (χ1) is 5.74. The van der Waals surface area contributed by atoms with Crippen molar-refractivity contribution in [3.8, 4) is 0 Å². The summed E-state index contributed by atoms with van der Waals surface area (Å²) in [6.07, 6.45) is 4.87. The number of rotatable bonds is 2. The van der Waals surface area contributed by atoms with Crippen molar-refractivity contribution in [3.63, 3.8) is 0 Å². The average molecular weight is 250 g/mol. The Kier molecular flexibility index (Phi) is 3.69. The van der Waals surface area contributed by atoms with E-state index in [0.717, 1.165) is 0 Å². The highest BCUT2D eigenvalue weighted by Crippen LogP contribution is 2.16. The van der Waals surface area contributed by atoms with Crippen LogP contribution in [0, 0.1) is 5.95 Å². The van der Waals surface area contributed by atoms with E-state index >= 15 is 0 Å². The molecule has 0 unspecified atom stereocenters. The quantitative estimate of drug-likeness (QED) is 0.580. The monoisotopic (exact) mass is 249 g/mol. The first-order valence-corrected chi connectivity index (χ1v) is 4.77. The van der Waals surface area contributed by atoms with Crippen molar-refractivity contribution in [3.05, 3.63) is 34.9 Å². The maximum absolute atomic E-state index is 12.6. The fourth-order valence-electron chi connectivity index (χ4n) is 0.727. The zero-order valence-electron chi connectivity index (χ0n) is 6.10. The van der Waals surface area contributed by atoms with Crippen LogP contribution in [0.4, 0.5) is 4.39 Å². The van der Waals surface area contributed by atoms with Crippen molar-refractivity contribution in [1.29, 1.82) is 0 Å². The van der Waals surface area contributed by atoms with Gasteiger partial charge in [0, 0.05) is 17.6 Å². The third-order valence-electron chi connectivity index (χ3n) is 1.24. The van der Waals surface area contributed by atoms with Gasteiger partial charge in [-0.05, 0) is 5.56 Å². The molecule has 1 aromatic rings. The third-order valence-corrected chi connectivity index (χ3v) is 1.93. The van der Waals surface area contributed by atoms with Gasteiger partial charge in [-0.2, -0.15) is 4.39 Å². The van der Waals surface area contributed by atoms with Gasteiger partial charge in [0.1, 0.15) is 0 Å². The minimum atomic E-state index is -0.520. The van der Waals surface area contributed by atoms with E-state index in [4.69, 9.17) is 11.6 Å². The molecular weight excluding hydrogens is 244 g/mol. The Balaban J connectivity index is 2.97. The van der Waals surface area contributed by atoms with Crippen molar-refractivity contribution in [2.24, 2.45) is 0 Å². The van der Waals surface area contributed by atoms with Crippen molar-refractivity contribution < 1.29 is 4.39 Å². The van der Waals surface area contributed by atoms with Gasteiger partial charge in [0.05, 0.1) is 5.02 Å². The summed E-state index contributed by atoms with van der Waals surface area (Å²) >= 11 is 8.95. The van der Waals surface area contributed by atoms with Crippen LogP contribution in [-0.2, 0) is 0 Å². The summed E-state index contributed by atoms with van der Waals surface area (Å²) in [6.45, 7) is 0. The Morgan fingerprint density at radius 2 is 2.42 bits per heavy atom. The molecule has 0 atom stereocenters. The average Bonchev–Trinajstić information content (AvgIpc) is 2.07. The van der Waals surface area contributed by atoms with Gasteiger partial charge in [-0.1, -0.05) is 39.7 Å². The molecule has 0 aromatic carbocycles. The molecule has 0 saturated carbocycles. The van der Waals surface area contributed by atoms with E-state index < -0.39 is 5.95 Å². The second kappa shape index (κ2) is 4.58. The van der Waals surface area contributed by atoms with Crippen molar-refractivity contribution in [2.45, 2.75) is 0 Å². The van der Waals surface area contributed by atoms with Gasteiger partial charge in [-0.3, -0.25) is 0 Å². The van der Waals surface area contributed by atoms with Crippen LogP contribution < -0.4 is 0 Å². The maximum Gasteiger partial charge on any atom is 0.213 e. The predicted molar refractivity (Wildman–Crippen MR) is 52.0 cm³/mol. The van der Waals surface area contributed by atoms with E-state index in [-0.39, 0.29) is 0 Å². The predicted octanol–water partition coefficient (Wildman–Crippen LogP) is 3.28. The Hall–Kier alpha value is -0.410. The molecule has 0 radical (unpaired) electrons. The molecule has 0 spiro atoms. The summed E-state index contributed by atoms with van der Waals surface area (Å²) in [5, 5.41) is 1.17. The van der Waals surface area contributed by atoms with Crippen molar-refractivity contribution >= 4 is 33.6 Å². The van der Waals surface area contributed by atoms with Gasteiger partial charge in [0.2, 0.25) is 5.95 Å². The van der Waals surface area contributed by atoms with Crippen LogP contribution in [-0.4, -0.2) is 10.3 Å². The van der Waals surface area contributed by atoms with Gasteiger partial charge >= 0.3 is 0 Å². The van der Waals surface area contributed by atoms with Crippen molar-refractivity contribution in [2.75, 3.05) is 5.33 Å². The Bertz CT molecular complexity index is 301. The largest absolute Gasteiger partial charge is 0.227 e. The highest BCUT2D eigenvalue weighted by Gasteiger charge is 1.98. The normalized spacial score (nSPS) is 10.9. The zero-order chi connectivity index (χ0) is 8.97. The lowest BCUT2D eigenvalue weighted by atomic mass is 10.2. The van der Waals surface area contributed by atoms with E-state index in [9.17, 15) is 4.39 Å². The van der Waals surface area contributed by atoms with Crippen LogP contribution >= 0.6 is 27.5 Å². The summed E-state index contributed by atoms with van der Waals surface area (Å²) in [7, 11) is 0. The molecule has 0 saturated heterocycles. The van der Waals surface area contributed by atoms with E-state index in [0.29, 0.717) is 15.9 Å². The summed E-state index contributed by atoms with van der Waals surface area (Å²) in [5.41, 5.74) is 0.642. The van der Waals surface area contributed by atoms with Crippen LogP contribution in [0.2, 0.25) is 5.02 Å². The van der Waals surface area contributed by atoms with Gasteiger partial charge in [-0.25, -0.2) is 4.98 Å². The number of alkyl halides is 1. The number of pyridine rings is 1. The number of hydrogen-bond donors (Lipinski definition) is 0. The molecule has 0 bridgehead atoms. The number of nitrogens with zero attached hydrogens (tertiary/aromatic N) is 1. The number of halogens is 3. The van der Waals surface area contributed by atoms with Gasteiger partial charge in [-0.15, -0.1) is 0 Å². The number of allylic oxidation sites excluding steroid dienone is 1. The molecule has 64 valence electrons. The number of hydrogen-bond acceptors (Lipinski definition) is 1. The van der Waals surface area contributed by atoms with E-state index in [1.54, 1.807) is 6.08 Å². The lowest BCUT2D eigenvalue weighted by molar-refractivity contribution is 0.583. The summed E-state index contributed by atoms with van der Waals surface area (Å²) in [4.78, 5) is 3.40. The molecular formula is C8H6BrClFN. The zero-order valence-corrected chi connectivity index (χ0v) is 8.44. The molecule has 0 aliphatic carbocycles. The highest BCUT2D eigenvalue weighted by atomic mass is 79.9. The maximum atomic E-state index is 12.6. The first kappa shape index (κ1) is 9.68. The molecule has 12 heavy (non-hydrogen) atoms. The van der Waals surface area contributed by atoms with E-state index in [2.05, 4.69) is 20.9 Å². The van der Waals surface area contributed by atoms with Crippen LogP contribution in [0.15, 0.2) is 18.3 Å². The Labute approximate surface area is 83.4 Å². The molecule has 0 amide bonds. The summed E-state index contributed by atoms with van der Waals surface area (Å²) in [6, 6.07) is 1.29. The number of aromatic nitrogens is 1. The molecule has 1 nitrogen and oxygen atoms in total. The van der Waals surface area contributed by atoms with Crippen molar-refractivity contribution in [1.82, 2.24) is 4.98 Å². The minimum Gasteiger partial charge on any atom is -0.227 e. The molecule has 0 N–H and O–H groups in total. The lowest BCUT2D eigenvalue weighted by Gasteiger charge is -1.95. The van der Waals surface area contributed by atoms with Crippen LogP contribution in [0.1, 0.15) is 5.56 Å². The van der Waals surface area contributed by atoms with Gasteiger partial charge in [0.25, 0.3) is 0 Å². The molecule has 0 aliphatic heterocycles. The molecule has 1 rings (SSSR count). The SMILES string of the molecule is Fc1cc(C=CCBr)c(Cl)cn1. The molecule has 4 heteroatoms. The second-order valence-electron chi connectivity index (χ2n) is 2.09. The third kappa shape index (κ3) is 2.57. The molecule has 1 heterocycles. The molecule has 1 aromatic heterocycles. The van der Waals surface area contributed by atoms with Gasteiger partial charge in [0.15, 0.2) is 0 Å². The highest BCUT2D eigenvalue weighted by molar-refractivity contribution is 9.09. The Morgan fingerprint density at radius 1 is 1.67 bits per heavy atom. The smallest absolute Gasteiger partial charge is 0.213 e. The summed E-state index contributed by atoms with van der Waals surface area (Å²) < 4.78 is 12.6. The standard InChI is InChI=1S/C8H6BrClFN/c9-3-1-2-6-4-8(11)12-5-7(6)10/h1-2,4-5H,3H2. The van der Waals surface area contributed by atoms with Crippen LogP contribution in [0.3, 0.4) is 0 Å². The summed E-state index contributed by atoms with van der Waals surface area (Å²) in [5.74, 6) is -0.520. The topological polar surface area (TPSA) is 12.9 Å². The second-order valence-corrected chi connectivity index (χ2v) is 3.14. The fourth-order valence-corrected chi connectivity index (χ4v) is 1.08. The fraction of sp³-hybridized carbons (Fsp3) is 0.125. The minimum absolute atomic E-state index is 0.452. The molecule has 0 fully saturated rings. The van der Waals surface area contributed by atoms with E-state index in [1.165, 1.54) is 12.3 Å². The Morgan fingerprint density at radius 3 is 3.08 bits per heavy atom.